The van der Waals surface area contributed by atoms with Crippen LogP contribution in [0.15, 0.2) is 206 Å². The number of fused-ring (bicyclic) bond motifs is 4. The molecule has 0 atom stereocenters. The van der Waals surface area contributed by atoms with Crippen LogP contribution in [0.3, 0.4) is 0 Å². The Hall–Kier alpha value is -7.96. The van der Waals surface area contributed by atoms with Crippen LogP contribution in [0.5, 0.6) is 0 Å². The molecule has 6 heteroatoms. The predicted molar refractivity (Wildman–Crippen MR) is 237 cm³/mol. The van der Waals surface area contributed by atoms with Crippen LogP contribution in [-0.2, 0) is 0 Å². The Balaban J connectivity index is 1.32. The van der Waals surface area contributed by atoms with Gasteiger partial charge in [-0.1, -0.05) is 194 Å². The molecular weight excluding hydrogens is 709 g/mol. The molecule has 0 unspecified atom stereocenters. The molecule has 0 saturated carbocycles. The van der Waals surface area contributed by atoms with E-state index in [-0.39, 0.29) is 0 Å². The van der Waals surface area contributed by atoms with Crippen LogP contribution in [0.1, 0.15) is 0 Å². The molecule has 0 radical (unpaired) electrons. The molecule has 1 aliphatic heterocycles. The zero-order chi connectivity index (χ0) is 38.4. The van der Waals surface area contributed by atoms with Gasteiger partial charge in [0.1, 0.15) is 0 Å². The van der Waals surface area contributed by atoms with Crippen LogP contribution in [-0.4, -0.2) is 19.9 Å². The number of aromatic nitrogens is 4. The first-order chi connectivity index (χ1) is 28.8. The van der Waals surface area contributed by atoms with Gasteiger partial charge >= 0.3 is 0 Å². The molecule has 10 aromatic rings. The summed E-state index contributed by atoms with van der Waals surface area (Å²) in [4.78, 5) is 27.2. The molecule has 272 valence electrons. The van der Waals surface area contributed by atoms with E-state index in [0.717, 1.165) is 77.9 Å². The van der Waals surface area contributed by atoms with Crippen molar-refractivity contribution in [3.63, 3.8) is 0 Å². The van der Waals surface area contributed by atoms with E-state index >= 15 is 0 Å². The van der Waals surface area contributed by atoms with Gasteiger partial charge in [0.25, 0.3) is 0 Å². The summed E-state index contributed by atoms with van der Waals surface area (Å²) < 4.78 is 0. The molecule has 0 spiro atoms. The Morgan fingerprint density at radius 1 is 0.241 bits per heavy atom. The van der Waals surface area contributed by atoms with Gasteiger partial charge in [0, 0.05) is 33.0 Å². The minimum absolute atomic E-state index is 0.649. The fraction of sp³-hybridized carbons (Fsp3) is 0. The van der Waals surface area contributed by atoms with E-state index in [1.54, 1.807) is 0 Å². The van der Waals surface area contributed by atoms with Gasteiger partial charge in [0.2, 0.25) is 0 Å². The van der Waals surface area contributed by atoms with Crippen molar-refractivity contribution < 1.29 is 0 Å². The van der Waals surface area contributed by atoms with Crippen molar-refractivity contribution in [2.45, 2.75) is 0 Å². The van der Waals surface area contributed by atoms with Crippen LogP contribution in [0.25, 0.3) is 66.6 Å². The topological polar surface area (TPSA) is 58.0 Å². The second kappa shape index (κ2) is 14.0. The summed E-state index contributed by atoms with van der Waals surface area (Å²) in [7, 11) is 0. The Morgan fingerprint density at radius 2 is 0.500 bits per heavy atom. The number of nitrogens with zero attached hydrogens (tertiary/aromatic N) is 6. The maximum absolute atomic E-state index is 5.72. The third-order valence-electron chi connectivity index (χ3n) is 10.8. The zero-order valence-electron chi connectivity index (χ0n) is 31.3. The average Bonchev–Trinajstić information content (AvgIpc) is 3.31. The van der Waals surface area contributed by atoms with E-state index in [4.69, 9.17) is 19.9 Å². The Labute approximate surface area is 336 Å². The maximum atomic E-state index is 5.72. The smallest absolute Gasteiger partial charge is 0.183 e. The Kier molecular flexibility index (Phi) is 8.04. The van der Waals surface area contributed by atoms with E-state index in [9.17, 15) is 0 Å². The fourth-order valence-electron chi connectivity index (χ4n) is 8.09. The highest BCUT2D eigenvalue weighted by Gasteiger charge is 2.39. The van der Waals surface area contributed by atoms with Gasteiger partial charge in [-0.3, -0.25) is 9.80 Å². The second-order valence-corrected chi connectivity index (χ2v) is 14.3. The Bertz CT molecular complexity index is 2760. The van der Waals surface area contributed by atoms with Gasteiger partial charge in [0.05, 0.1) is 34.2 Å². The first-order valence-corrected chi connectivity index (χ1v) is 19.4. The highest BCUT2D eigenvalue weighted by Crippen LogP contribution is 2.55. The number of anilines is 6. The first kappa shape index (κ1) is 33.4. The average molecular weight is 743 g/mol. The van der Waals surface area contributed by atoms with E-state index in [2.05, 4.69) is 143 Å². The predicted octanol–water partition coefficient (Wildman–Crippen LogP) is 13.5. The third-order valence-corrected chi connectivity index (χ3v) is 10.8. The van der Waals surface area contributed by atoms with Gasteiger partial charge in [-0.05, 0) is 22.9 Å². The molecule has 0 amide bonds. The summed E-state index contributed by atoms with van der Waals surface area (Å²) in [6, 6.07) is 71.0. The van der Waals surface area contributed by atoms with E-state index in [1.165, 1.54) is 0 Å². The zero-order valence-corrected chi connectivity index (χ0v) is 31.3. The number of benzene rings is 8. The lowest BCUT2D eigenvalue weighted by molar-refractivity contribution is 1.00. The van der Waals surface area contributed by atoms with E-state index < -0.39 is 0 Å². The number of hydrogen-bond acceptors (Lipinski definition) is 6. The van der Waals surface area contributed by atoms with E-state index in [1.807, 2.05) is 72.8 Å². The van der Waals surface area contributed by atoms with Crippen molar-refractivity contribution in [1.82, 2.24) is 19.9 Å². The van der Waals surface area contributed by atoms with Crippen LogP contribution in [0.4, 0.5) is 34.6 Å². The summed E-state index contributed by atoms with van der Waals surface area (Å²) in [5.74, 6) is 2.60. The summed E-state index contributed by atoms with van der Waals surface area (Å²) >= 11 is 0. The quantitative estimate of drug-likeness (QED) is 0.169. The highest BCUT2D eigenvalue weighted by atomic mass is 15.4. The van der Waals surface area contributed by atoms with Crippen LogP contribution < -0.4 is 9.80 Å². The van der Waals surface area contributed by atoms with Crippen molar-refractivity contribution in [3.05, 3.63) is 206 Å². The van der Waals surface area contributed by atoms with Gasteiger partial charge < -0.3 is 0 Å². The molecule has 8 aromatic carbocycles. The highest BCUT2D eigenvalue weighted by molar-refractivity contribution is 6.08. The standard InChI is InChI=1S/C52H34N6/c1-5-21-37(22-6-1)45-46(38-23-7-2-8-24-38)54-50-49(53-45)57(43-33-17-29-35-19-13-15-31-41(35)43)51-52(58(50)44-34-18-30-36-20-14-16-32-42(36)44)56-48(40-27-11-4-12-28-40)47(55-51)39-25-9-3-10-26-39/h1-34H. The van der Waals surface area contributed by atoms with Crippen LogP contribution in [0.2, 0.25) is 0 Å². The SMILES string of the molecule is c1ccc(-c2nc3c(nc2-c2ccccc2)N(c2cccc4ccccc24)c2nc(-c4ccccc4)c(-c4ccccc4)nc2N3c2cccc3ccccc23)cc1. The molecule has 3 heterocycles. The normalized spacial score (nSPS) is 12.1. The molecule has 58 heavy (non-hydrogen) atoms. The van der Waals surface area contributed by atoms with Crippen molar-refractivity contribution in [2.75, 3.05) is 9.80 Å². The fourth-order valence-corrected chi connectivity index (χ4v) is 8.09. The molecule has 0 N–H and O–H groups in total. The second-order valence-electron chi connectivity index (χ2n) is 14.3. The van der Waals surface area contributed by atoms with Crippen LogP contribution >= 0.6 is 0 Å². The molecular formula is C52H34N6. The first-order valence-electron chi connectivity index (χ1n) is 19.4. The third kappa shape index (κ3) is 5.58. The Morgan fingerprint density at radius 3 is 0.810 bits per heavy atom. The van der Waals surface area contributed by atoms with Crippen molar-refractivity contribution in [3.8, 4) is 45.0 Å². The lowest BCUT2D eigenvalue weighted by Crippen LogP contribution is -2.29. The summed E-state index contributed by atoms with van der Waals surface area (Å²) in [5, 5.41) is 4.33. The molecule has 6 nitrogen and oxygen atoms in total. The molecule has 11 rings (SSSR count). The number of rotatable bonds is 6. The van der Waals surface area contributed by atoms with Crippen molar-refractivity contribution in [1.29, 1.82) is 0 Å². The monoisotopic (exact) mass is 742 g/mol. The minimum Gasteiger partial charge on any atom is -0.272 e. The minimum atomic E-state index is 0.649. The van der Waals surface area contributed by atoms with Gasteiger partial charge in [-0.2, -0.15) is 0 Å². The number of hydrogen-bond donors (Lipinski definition) is 0. The largest absolute Gasteiger partial charge is 0.272 e. The lowest BCUT2D eigenvalue weighted by atomic mass is 10.0. The van der Waals surface area contributed by atoms with Crippen molar-refractivity contribution in [2.24, 2.45) is 0 Å². The van der Waals surface area contributed by atoms with Gasteiger partial charge in [0.15, 0.2) is 23.3 Å². The molecule has 0 aliphatic carbocycles. The molecule has 0 bridgehead atoms. The van der Waals surface area contributed by atoms with Crippen molar-refractivity contribution >= 4 is 56.2 Å². The molecule has 1 aliphatic rings. The molecule has 2 aromatic heterocycles. The van der Waals surface area contributed by atoms with Gasteiger partial charge in [-0.15, -0.1) is 0 Å². The van der Waals surface area contributed by atoms with Gasteiger partial charge in [-0.25, -0.2) is 19.9 Å². The summed E-state index contributed by atoms with van der Waals surface area (Å²) in [6.45, 7) is 0. The van der Waals surface area contributed by atoms with Crippen LogP contribution in [0, 0.1) is 0 Å². The maximum Gasteiger partial charge on any atom is 0.183 e. The summed E-state index contributed by atoms with van der Waals surface area (Å²) in [5.41, 5.74) is 8.81. The summed E-state index contributed by atoms with van der Waals surface area (Å²) in [6.07, 6.45) is 0. The lowest BCUT2D eigenvalue weighted by Gasteiger charge is -2.38. The van der Waals surface area contributed by atoms with E-state index in [0.29, 0.717) is 23.3 Å². The molecule has 0 saturated heterocycles. The molecule has 0 fully saturated rings.